The molecule has 0 saturated heterocycles. The summed E-state index contributed by atoms with van der Waals surface area (Å²) < 4.78 is 10.7. The van der Waals surface area contributed by atoms with Crippen molar-refractivity contribution in [2.75, 3.05) is 23.4 Å². The van der Waals surface area contributed by atoms with Crippen molar-refractivity contribution in [1.82, 2.24) is 0 Å². The molecule has 1 atom stereocenters. The summed E-state index contributed by atoms with van der Waals surface area (Å²) >= 11 is 1.20. The number of nitriles is 1. The van der Waals surface area contributed by atoms with Gasteiger partial charge in [0.05, 0.1) is 24.3 Å². The van der Waals surface area contributed by atoms with Crippen LogP contribution in [0.2, 0.25) is 0 Å². The van der Waals surface area contributed by atoms with Crippen LogP contribution in [0.3, 0.4) is 0 Å². The molecule has 0 radical (unpaired) electrons. The Labute approximate surface area is 165 Å². The molecule has 0 saturated carbocycles. The maximum Gasteiger partial charge on any atom is 0.326 e. The highest BCUT2D eigenvalue weighted by molar-refractivity contribution is 7.14. The molecule has 0 aliphatic carbocycles. The van der Waals surface area contributed by atoms with Crippen molar-refractivity contribution in [3.63, 3.8) is 0 Å². The fourth-order valence-corrected chi connectivity index (χ4v) is 3.36. The number of fused-ring (bicyclic) bond motifs is 1. The Morgan fingerprint density at radius 3 is 2.96 bits per heavy atom. The van der Waals surface area contributed by atoms with Crippen LogP contribution in [0, 0.1) is 11.3 Å². The number of nitrogens with one attached hydrogen (secondary N) is 1. The molecule has 0 spiro atoms. The lowest BCUT2D eigenvalue weighted by molar-refractivity contribution is -0.152. The van der Waals surface area contributed by atoms with Gasteiger partial charge in [0, 0.05) is 0 Å². The summed E-state index contributed by atoms with van der Waals surface area (Å²) in [7, 11) is 0. The van der Waals surface area contributed by atoms with E-state index in [-0.39, 0.29) is 25.5 Å². The van der Waals surface area contributed by atoms with Gasteiger partial charge in [0.15, 0.2) is 6.10 Å². The average Bonchev–Trinajstić information content (AvgIpc) is 3.07. The number of benzene rings is 1. The first-order valence-electron chi connectivity index (χ1n) is 8.49. The van der Waals surface area contributed by atoms with E-state index in [4.69, 9.17) is 14.7 Å². The van der Waals surface area contributed by atoms with Gasteiger partial charge in [-0.1, -0.05) is 12.1 Å². The molecule has 28 heavy (non-hydrogen) atoms. The molecule has 144 valence electrons. The zero-order valence-corrected chi connectivity index (χ0v) is 15.8. The summed E-state index contributed by atoms with van der Waals surface area (Å²) in [4.78, 5) is 38.2. The lowest BCUT2D eigenvalue weighted by atomic mass is 10.2. The Bertz CT molecular complexity index is 949. The maximum absolute atomic E-state index is 12.3. The van der Waals surface area contributed by atoms with Crippen molar-refractivity contribution < 1.29 is 23.9 Å². The minimum Gasteiger partial charge on any atom is -0.491 e. The summed E-state index contributed by atoms with van der Waals surface area (Å²) in [6, 6.07) is 10.5. The largest absolute Gasteiger partial charge is 0.491 e. The zero-order valence-electron chi connectivity index (χ0n) is 15.0. The number of esters is 1. The topological polar surface area (TPSA) is 109 Å². The van der Waals surface area contributed by atoms with E-state index < -0.39 is 18.0 Å². The second-order valence-electron chi connectivity index (χ2n) is 5.94. The smallest absolute Gasteiger partial charge is 0.326 e. The summed E-state index contributed by atoms with van der Waals surface area (Å²) in [6.45, 7) is 1.32. The monoisotopic (exact) mass is 399 g/mol. The van der Waals surface area contributed by atoms with Crippen LogP contribution >= 0.6 is 11.3 Å². The SMILES string of the molecule is C[C@H](OC(=O)CN1C(=O)CCOc2ccccc21)C(=O)Nc1sccc1C#N. The van der Waals surface area contributed by atoms with Gasteiger partial charge in [-0.2, -0.15) is 5.26 Å². The number of thiophene rings is 1. The van der Waals surface area contributed by atoms with E-state index in [1.807, 2.05) is 6.07 Å². The molecule has 1 aliphatic heterocycles. The first-order valence-corrected chi connectivity index (χ1v) is 9.37. The standard InChI is InChI=1S/C19H17N3O5S/c1-12(18(25)21-19-13(10-20)7-9-28-19)27-17(24)11-22-14-4-2-3-5-15(14)26-8-6-16(22)23/h2-5,7,9,12H,6,8,11H2,1H3,(H,21,25)/t12-/m0/s1. The molecule has 1 N–H and O–H groups in total. The molecule has 1 aliphatic rings. The number of nitrogens with zero attached hydrogens (tertiary/aromatic N) is 2. The summed E-state index contributed by atoms with van der Waals surface area (Å²) in [5.74, 6) is -1.04. The number of hydrogen-bond acceptors (Lipinski definition) is 7. The number of carbonyl (C=O) groups excluding carboxylic acids is 3. The van der Waals surface area contributed by atoms with Gasteiger partial charge in [-0.15, -0.1) is 11.3 Å². The van der Waals surface area contributed by atoms with E-state index in [9.17, 15) is 14.4 Å². The third-order valence-corrected chi connectivity index (χ3v) is 4.85. The van der Waals surface area contributed by atoms with Crippen LogP contribution < -0.4 is 15.0 Å². The number of amides is 2. The van der Waals surface area contributed by atoms with Gasteiger partial charge in [0.25, 0.3) is 5.91 Å². The third-order valence-electron chi connectivity index (χ3n) is 4.02. The van der Waals surface area contributed by atoms with Gasteiger partial charge >= 0.3 is 5.97 Å². The van der Waals surface area contributed by atoms with Crippen molar-refractivity contribution in [2.24, 2.45) is 0 Å². The Morgan fingerprint density at radius 2 is 2.18 bits per heavy atom. The van der Waals surface area contributed by atoms with Crippen LogP contribution in [0.5, 0.6) is 5.75 Å². The van der Waals surface area contributed by atoms with Crippen molar-refractivity contribution in [3.05, 3.63) is 41.3 Å². The van der Waals surface area contributed by atoms with E-state index in [1.165, 1.54) is 23.2 Å². The summed E-state index contributed by atoms with van der Waals surface area (Å²) in [5, 5.41) is 13.6. The Morgan fingerprint density at radius 1 is 1.39 bits per heavy atom. The lowest BCUT2D eigenvalue weighted by Crippen LogP contribution is -2.39. The number of rotatable bonds is 5. The van der Waals surface area contributed by atoms with Crippen molar-refractivity contribution >= 4 is 39.8 Å². The highest BCUT2D eigenvalue weighted by atomic mass is 32.1. The molecule has 0 unspecified atom stereocenters. The molecule has 3 rings (SSSR count). The first kappa shape index (κ1) is 19.4. The van der Waals surface area contributed by atoms with Crippen LogP contribution in [-0.4, -0.2) is 37.0 Å². The molecule has 2 amide bonds. The van der Waals surface area contributed by atoms with Crippen LogP contribution in [0.4, 0.5) is 10.7 Å². The molecule has 8 nitrogen and oxygen atoms in total. The second-order valence-corrected chi connectivity index (χ2v) is 6.86. The summed E-state index contributed by atoms with van der Waals surface area (Å²) in [6.07, 6.45) is -0.956. The number of hydrogen-bond donors (Lipinski definition) is 1. The minimum atomic E-state index is -1.09. The quantitative estimate of drug-likeness (QED) is 0.773. The fourth-order valence-electron chi connectivity index (χ4n) is 2.62. The van der Waals surface area contributed by atoms with Crippen LogP contribution in [0.15, 0.2) is 35.7 Å². The average molecular weight is 399 g/mol. The van der Waals surface area contributed by atoms with Crippen LogP contribution in [-0.2, 0) is 19.1 Å². The van der Waals surface area contributed by atoms with Gasteiger partial charge in [-0.25, -0.2) is 0 Å². The molecule has 2 aromatic rings. The molecule has 0 fully saturated rings. The van der Waals surface area contributed by atoms with Crippen molar-refractivity contribution in [2.45, 2.75) is 19.4 Å². The lowest BCUT2D eigenvalue weighted by Gasteiger charge is -2.22. The molecular weight excluding hydrogens is 382 g/mol. The third kappa shape index (κ3) is 4.29. The first-order chi connectivity index (χ1) is 13.5. The van der Waals surface area contributed by atoms with E-state index in [0.717, 1.165) is 0 Å². The van der Waals surface area contributed by atoms with Crippen molar-refractivity contribution in [1.29, 1.82) is 5.26 Å². The minimum absolute atomic E-state index is 0.132. The van der Waals surface area contributed by atoms with E-state index in [2.05, 4.69) is 5.32 Å². The predicted octanol–water partition coefficient (Wildman–Crippen LogP) is 2.31. The normalized spacial score (nSPS) is 14.1. The predicted molar refractivity (Wildman–Crippen MR) is 102 cm³/mol. The van der Waals surface area contributed by atoms with Gasteiger partial charge in [0.1, 0.15) is 23.4 Å². The number of ether oxygens (including phenoxy) is 2. The molecule has 1 aromatic heterocycles. The van der Waals surface area contributed by atoms with Gasteiger partial charge in [0.2, 0.25) is 5.91 Å². The van der Waals surface area contributed by atoms with Crippen LogP contribution in [0.1, 0.15) is 18.9 Å². The van der Waals surface area contributed by atoms with E-state index in [1.54, 1.807) is 35.7 Å². The maximum atomic E-state index is 12.3. The Hall–Kier alpha value is -3.38. The summed E-state index contributed by atoms with van der Waals surface area (Å²) in [5.41, 5.74) is 0.819. The fraction of sp³-hybridized carbons (Fsp3) is 0.263. The molecule has 9 heteroatoms. The molecule has 0 bridgehead atoms. The van der Waals surface area contributed by atoms with Crippen LogP contribution in [0.25, 0.3) is 0 Å². The van der Waals surface area contributed by atoms with Crippen molar-refractivity contribution in [3.8, 4) is 11.8 Å². The zero-order chi connectivity index (χ0) is 20.1. The number of carbonyl (C=O) groups is 3. The van der Waals surface area contributed by atoms with Gasteiger partial charge in [-0.05, 0) is 30.5 Å². The van der Waals surface area contributed by atoms with Gasteiger partial charge in [-0.3, -0.25) is 19.3 Å². The Balaban J connectivity index is 1.64. The number of para-hydroxylation sites is 2. The highest BCUT2D eigenvalue weighted by Gasteiger charge is 2.27. The van der Waals surface area contributed by atoms with E-state index >= 15 is 0 Å². The van der Waals surface area contributed by atoms with E-state index in [0.29, 0.717) is 22.0 Å². The number of anilines is 2. The highest BCUT2D eigenvalue weighted by Crippen LogP contribution is 2.30. The molecule has 2 heterocycles. The second kappa shape index (κ2) is 8.54. The molecule has 1 aromatic carbocycles. The Kier molecular flexibility index (Phi) is 5.91. The molecular formula is C19H17N3O5S. The van der Waals surface area contributed by atoms with Gasteiger partial charge < -0.3 is 14.8 Å².